The van der Waals surface area contributed by atoms with Crippen LogP contribution in [0.5, 0.6) is 0 Å². The molecular weight excluding hydrogens is 647 g/mol. The number of ether oxygens (including phenoxy) is 2. The van der Waals surface area contributed by atoms with Gasteiger partial charge in [-0.15, -0.1) is 11.8 Å². The predicted molar refractivity (Wildman–Crippen MR) is 194 cm³/mol. The number of anilines is 2. The number of rotatable bonds is 14. The minimum atomic E-state index is -0.569. The molecule has 260 valence electrons. The number of aliphatic hydroxyl groups is 1. The van der Waals surface area contributed by atoms with E-state index in [1.165, 1.54) is 4.90 Å². The zero-order chi connectivity index (χ0) is 33.9. The van der Waals surface area contributed by atoms with Crippen molar-refractivity contribution in [3.63, 3.8) is 0 Å². The first-order valence-corrected chi connectivity index (χ1v) is 18.4. The van der Waals surface area contributed by atoms with Crippen LogP contribution in [0, 0.1) is 5.92 Å². The van der Waals surface area contributed by atoms with E-state index < -0.39 is 12.3 Å². The number of hydrogen-bond donors (Lipinski definition) is 3. The van der Waals surface area contributed by atoms with Crippen LogP contribution in [0.15, 0.2) is 77.7 Å². The number of benzene rings is 3. The minimum Gasteiger partial charge on any atom is -0.392 e. The van der Waals surface area contributed by atoms with Crippen LogP contribution in [-0.2, 0) is 24.4 Å². The molecule has 9 nitrogen and oxygen atoms in total. The number of nitrogens with one attached hydrogen (secondary N) is 2. The number of carbonyl (C=O) groups excluding carboxylic acids is 1. The smallest absolute Gasteiger partial charge is 0.321 e. The molecule has 5 rings (SSSR count). The van der Waals surface area contributed by atoms with E-state index in [4.69, 9.17) is 17.8 Å². The van der Waals surface area contributed by atoms with E-state index in [1.807, 2.05) is 74.4 Å². The van der Waals surface area contributed by atoms with Crippen molar-refractivity contribution in [2.45, 2.75) is 81.0 Å². The molecule has 2 aliphatic rings. The lowest BCUT2D eigenvalue weighted by atomic mass is 9.80. The quantitative estimate of drug-likeness (QED) is 0.116. The van der Waals surface area contributed by atoms with Crippen molar-refractivity contribution in [1.82, 2.24) is 5.32 Å². The highest BCUT2D eigenvalue weighted by Gasteiger charge is 2.35. The normalized spacial score (nSPS) is 23.9. The van der Waals surface area contributed by atoms with Gasteiger partial charge in [0.2, 0.25) is 0 Å². The molecule has 2 amide bonds. The number of thioether (sulfide) groups is 1. The van der Waals surface area contributed by atoms with Crippen LogP contribution in [0.2, 0.25) is 0 Å². The first kappa shape index (κ1) is 36.5. The Morgan fingerprint density at radius 1 is 1.08 bits per heavy atom. The van der Waals surface area contributed by atoms with Crippen molar-refractivity contribution in [3.8, 4) is 0 Å². The Bertz CT molecular complexity index is 1450. The highest BCUT2D eigenvalue weighted by molar-refractivity contribution is 7.99. The second-order valence-electron chi connectivity index (χ2n) is 12.7. The van der Waals surface area contributed by atoms with Gasteiger partial charge < -0.3 is 30.1 Å². The van der Waals surface area contributed by atoms with E-state index in [9.17, 15) is 9.90 Å². The third-order valence-electron chi connectivity index (χ3n) is 8.90. The molecule has 0 radical (unpaired) electrons. The minimum absolute atomic E-state index is 0.129. The molecule has 1 saturated heterocycles. The summed E-state index contributed by atoms with van der Waals surface area (Å²) in [6.45, 7) is 2.96. The van der Waals surface area contributed by atoms with Crippen molar-refractivity contribution in [3.05, 3.63) is 89.5 Å². The molecule has 6 unspecified atom stereocenters. The first-order chi connectivity index (χ1) is 23.3. The lowest BCUT2D eigenvalue weighted by Crippen LogP contribution is -2.49. The summed E-state index contributed by atoms with van der Waals surface area (Å²) in [5.74, 6) is 0.811. The average Bonchev–Trinajstić information content (AvgIpc) is 3.22. The molecule has 3 aromatic rings. The van der Waals surface area contributed by atoms with Gasteiger partial charge in [-0.3, -0.25) is 8.37 Å². The molecule has 2 heterocycles. The van der Waals surface area contributed by atoms with Gasteiger partial charge in [-0.05, 0) is 59.4 Å². The van der Waals surface area contributed by atoms with Crippen LogP contribution >= 0.6 is 24.1 Å². The average molecular weight is 696 g/mol. The van der Waals surface area contributed by atoms with Gasteiger partial charge in [0.1, 0.15) is 6.23 Å². The van der Waals surface area contributed by atoms with E-state index in [-0.39, 0.29) is 30.1 Å². The Labute approximate surface area is 293 Å². The fourth-order valence-corrected chi connectivity index (χ4v) is 7.99. The molecule has 1 fully saturated rings. The third-order valence-corrected chi connectivity index (χ3v) is 10.6. The summed E-state index contributed by atoms with van der Waals surface area (Å²) in [4.78, 5) is 16.7. The maximum absolute atomic E-state index is 13.4. The van der Waals surface area contributed by atoms with Gasteiger partial charge in [-0.2, -0.15) is 0 Å². The molecule has 0 spiro atoms. The predicted octanol–water partition coefficient (Wildman–Crippen LogP) is 7.60. The molecule has 0 aromatic heterocycles. The van der Waals surface area contributed by atoms with E-state index >= 15 is 0 Å². The van der Waals surface area contributed by atoms with Gasteiger partial charge in [-0.25, -0.2) is 4.79 Å². The molecular formula is C37H49N3O6S2. The molecule has 0 aliphatic carbocycles. The number of aliphatic hydroxyl groups excluding tert-OH is 1. The second kappa shape index (κ2) is 18.3. The summed E-state index contributed by atoms with van der Waals surface area (Å²) < 4.78 is 22.9. The van der Waals surface area contributed by atoms with E-state index in [0.717, 1.165) is 59.7 Å². The largest absolute Gasteiger partial charge is 0.392 e. The molecule has 48 heavy (non-hydrogen) atoms. The summed E-state index contributed by atoms with van der Waals surface area (Å²) in [5.41, 5.74) is 4.92. The number of urea groups is 1. The maximum atomic E-state index is 13.4. The monoisotopic (exact) mass is 695 g/mol. The molecule has 6 atom stereocenters. The van der Waals surface area contributed by atoms with Crippen molar-refractivity contribution < 1.29 is 27.7 Å². The lowest BCUT2D eigenvalue weighted by Gasteiger charge is -2.35. The van der Waals surface area contributed by atoms with Crippen molar-refractivity contribution in [2.24, 2.45) is 5.92 Å². The van der Waals surface area contributed by atoms with E-state index in [1.54, 1.807) is 7.11 Å². The van der Waals surface area contributed by atoms with Crippen LogP contribution in [0.25, 0.3) is 0 Å². The zero-order valence-corrected chi connectivity index (χ0v) is 29.9. The number of carbonyl (C=O) groups is 1. The fraction of sp³-hybridized carbons (Fsp3) is 0.486. The van der Waals surface area contributed by atoms with E-state index in [0.29, 0.717) is 31.7 Å². The zero-order valence-electron chi connectivity index (χ0n) is 28.3. The lowest BCUT2D eigenvalue weighted by molar-refractivity contribution is -0.133. The Hall–Kier alpha value is -2.77. The fourth-order valence-electron chi connectivity index (χ4n) is 6.41. The Kier molecular flexibility index (Phi) is 13.9. The van der Waals surface area contributed by atoms with Gasteiger partial charge in [0.15, 0.2) is 12.3 Å². The molecule has 2 aliphatic heterocycles. The number of unbranched alkanes of at least 4 members (excludes halogenated alkanes) is 1. The van der Waals surface area contributed by atoms with Gasteiger partial charge in [-0.1, -0.05) is 62.2 Å². The molecule has 3 aromatic carbocycles. The van der Waals surface area contributed by atoms with Crippen LogP contribution in [0.1, 0.15) is 61.6 Å². The number of hydrogen-bond acceptors (Lipinski definition) is 9. The number of fused-ring (bicyclic) bond motifs is 1. The molecule has 3 N–H and O–H groups in total. The van der Waals surface area contributed by atoms with E-state index in [2.05, 4.69) is 46.7 Å². The van der Waals surface area contributed by atoms with Crippen LogP contribution in [0.3, 0.4) is 0 Å². The number of amides is 2. The molecule has 0 bridgehead atoms. The highest BCUT2D eigenvalue weighted by atomic mass is 32.2. The maximum Gasteiger partial charge on any atom is 0.321 e. The van der Waals surface area contributed by atoms with Gasteiger partial charge in [0.25, 0.3) is 0 Å². The van der Waals surface area contributed by atoms with Gasteiger partial charge in [0.05, 0.1) is 38.6 Å². The summed E-state index contributed by atoms with van der Waals surface area (Å²) in [7, 11) is 5.61. The summed E-state index contributed by atoms with van der Waals surface area (Å²) in [5, 5.41) is 17.9. The number of nitrogens with zero attached hydrogens (tertiary/aromatic N) is 1. The summed E-state index contributed by atoms with van der Waals surface area (Å²) >= 11 is 2.74. The SMILES string of the molecule is CCCCC1CSc2ccc(N(C)C)cc2C(c2cccc(NC(=O)NC3CC(OCc4ccccc4)CC(COSOC)O3)c2)C1O. The first-order valence-electron chi connectivity index (χ1n) is 16.8. The second-order valence-corrected chi connectivity index (χ2v) is 14.4. The Morgan fingerprint density at radius 2 is 1.92 bits per heavy atom. The Morgan fingerprint density at radius 3 is 2.69 bits per heavy atom. The van der Waals surface area contributed by atoms with Crippen molar-refractivity contribution in [1.29, 1.82) is 0 Å². The molecule has 11 heteroatoms. The molecule has 0 saturated carbocycles. The van der Waals surface area contributed by atoms with Gasteiger partial charge in [0, 0.05) is 54.9 Å². The van der Waals surface area contributed by atoms with Crippen molar-refractivity contribution >= 4 is 41.5 Å². The van der Waals surface area contributed by atoms with Crippen LogP contribution in [0.4, 0.5) is 16.2 Å². The van der Waals surface area contributed by atoms with Crippen molar-refractivity contribution in [2.75, 3.05) is 43.8 Å². The summed E-state index contributed by atoms with van der Waals surface area (Å²) in [6, 6.07) is 24.0. The third kappa shape index (κ3) is 10.1. The van der Waals surface area contributed by atoms with Crippen LogP contribution in [-0.4, -0.2) is 69.2 Å². The Balaban J connectivity index is 1.30. The van der Waals surface area contributed by atoms with Gasteiger partial charge >= 0.3 is 6.03 Å². The summed E-state index contributed by atoms with van der Waals surface area (Å²) in [6.07, 6.45) is 2.76. The van der Waals surface area contributed by atoms with Crippen LogP contribution < -0.4 is 15.5 Å². The standard InChI is InChI=1S/C37H49N3O6S2/c1-5-6-13-27-24-47-33-17-16-29(40(2)3)19-32(33)35(36(27)41)26-14-10-15-28(18-26)38-37(42)39-34-21-30(20-31(46-34)23-45-48-43-4)44-22-25-11-8-7-9-12-25/h7-12,14-19,27,30-31,34-36,41H,5-6,13,20-24H2,1-4H3,(H2,38,39,42). The topological polar surface area (TPSA) is 102 Å². The highest BCUT2D eigenvalue weighted by Crippen LogP contribution is 2.45.